The minimum Gasteiger partial charge on any atom is -0.373 e. The van der Waals surface area contributed by atoms with Gasteiger partial charge in [0.1, 0.15) is 6.61 Å². The molecule has 0 aliphatic heterocycles. The van der Waals surface area contributed by atoms with Crippen LogP contribution < -0.4 is 5.32 Å². The summed E-state index contributed by atoms with van der Waals surface area (Å²) in [6, 6.07) is 0.324. The molecule has 0 saturated heterocycles. The van der Waals surface area contributed by atoms with E-state index in [1.54, 1.807) is 0 Å². The van der Waals surface area contributed by atoms with Gasteiger partial charge in [-0.2, -0.15) is 4.98 Å². The summed E-state index contributed by atoms with van der Waals surface area (Å²) >= 11 is 0. The van der Waals surface area contributed by atoms with Crippen LogP contribution in [-0.2, 0) is 11.3 Å². The van der Waals surface area contributed by atoms with Crippen LogP contribution in [0.15, 0.2) is 4.52 Å². The largest absolute Gasteiger partial charge is 0.373 e. The number of likely N-dealkylation sites (N-methyl/N-ethyl adjacent to an activating group) is 1. The van der Waals surface area contributed by atoms with Gasteiger partial charge in [0.25, 0.3) is 0 Å². The first-order valence-electron chi connectivity index (χ1n) is 6.32. The molecule has 1 aromatic rings. The van der Waals surface area contributed by atoms with Gasteiger partial charge in [0, 0.05) is 12.6 Å². The van der Waals surface area contributed by atoms with Crippen LogP contribution in [0.2, 0.25) is 0 Å². The van der Waals surface area contributed by atoms with Crippen molar-refractivity contribution < 1.29 is 9.26 Å². The van der Waals surface area contributed by atoms with Gasteiger partial charge in [-0.3, -0.25) is 0 Å². The van der Waals surface area contributed by atoms with Crippen LogP contribution in [0.1, 0.15) is 51.7 Å². The minimum atomic E-state index is 0.211. The Labute approximate surface area is 103 Å². The highest BCUT2D eigenvalue weighted by Crippen LogP contribution is 2.17. The van der Waals surface area contributed by atoms with Gasteiger partial charge >= 0.3 is 0 Å². The highest BCUT2D eigenvalue weighted by molar-refractivity contribution is 4.95. The van der Waals surface area contributed by atoms with Crippen LogP contribution in [0.25, 0.3) is 0 Å². The second-order valence-electron chi connectivity index (χ2n) is 4.24. The van der Waals surface area contributed by atoms with Crippen molar-refractivity contribution in [3.05, 3.63) is 11.7 Å². The van der Waals surface area contributed by atoms with Crippen LogP contribution in [0.5, 0.6) is 0 Å². The highest BCUT2D eigenvalue weighted by Gasteiger charge is 2.19. The van der Waals surface area contributed by atoms with Gasteiger partial charge in [0.2, 0.25) is 5.89 Å². The molecule has 0 aliphatic carbocycles. The van der Waals surface area contributed by atoms with E-state index in [1.165, 1.54) is 0 Å². The van der Waals surface area contributed by atoms with Crippen LogP contribution in [-0.4, -0.2) is 29.3 Å². The lowest BCUT2D eigenvalue weighted by Gasteiger charge is -2.16. The lowest BCUT2D eigenvalue weighted by Crippen LogP contribution is -2.30. The fraction of sp³-hybridized carbons (Fsp3) is 0.833. The molecule has 0 aromatic carbocycles. The van der Waals surface area contributed by atoms with E-state index < -0.39 is 0 Å². The Morgan fingerprint density at radius 2 is 2.12 bits per heavy atom. The fourth-order valence-electron chi connectivity index (χ4n) is 1.53. The quantitative estimate of drug-likeness (QED) is 0.706. The maximum atomic E-state index is 5.37. The van der Waals surface area contributed by atoms with Gasteiger partial charge in [-0.05, 0) is 19.9 Å². The summed E-state index contributed by atoms with van der Waals surface area (Å²) in [6.07, 6.45) is 0.999. The Hall–Kier alpha value is -0.940. The molecule has 0 bridgehead atoms. The summed E-state index contributed by atoms with van der Waals surface area (Å²) in [6.45, 7) is 10.4. The van der Waals surface area contributed by atoms with Gasteiger partial charge in [0.15, 0.2) is 5.82 Å². The summed E-state index contributed by atoms with van der Waals surface area (Å²) in [5.41, 5.74) is 0. The van der Waals surface area contributed by atoms with Crippen molar-refractivity contribution in [1.82, 2.24) is 15.5 Å². The topological polar surface area (TPSA) is 60.2 Å². The lowest BCUT2D eigenvalue weighted by molar-refractivity contribution is 0.114. The van der Waals surface area contributed by atoms with Crippen molar-refractivity contribution in [3.8, 4) is 0 Å². The number of hydrogen-bond acceptors (Lipinski definition) is 5. The normalized spacial score (nSPS) is 14.8. The number of ether oxygens (including phenoxy) is 1. The molecule has 0 aliphatic rings. The first kappa shape index (κ1) is 14.1. The van der Waals surface area contributed by atoms with Crippen molar-refractivity contribution in [2.24, 2.45) is 0 Å². The molecular formula is C12H23N3O2. The molecule has 2 atom stereocenters. The average Bonchev–Trinajstić information content (AvgIpc) is 2.77. The maximum absolute atomic E-state index is 5.37. The zero-order chi connectivity index (χ0) is 12.7. The molecule has 2 unspecified atom stereocenters. The van der Waals surface area contributed by atoms with E-state index in [-0.39, 0.29) is 5.92 Å². The Bertz CT molecular complexity index is 314. The van der Waals surface area contributed by atoms with E-state index in [9.17, 15) is 0 Å². The molecule has 0 spiro atoms. The van der Waals surface area contributed by atoms with E-state index in [2.05, 4.69) is 43.2 Å². The Kier molecular flexibility index (Phi) is 6.15. The average molecular weight is 241 g/mol. The molecule has 1 aromatic heterocycles. The Morgan fingerprint density at radius 1 is 1.35 bits per heavy atom. The summed E-state index contributed by atoms with van der Waals surface area (Å²) in [7, 11) is 0. The van der Waals surface area contributed by atoms with Crippen LogP contribution >= 0.6 is 0 Å². The molecule has 0 fully saturated rings. The van der Waals surface area contributed by atoms with Crippen molar-refractivity contribution in [1.29, 1.82) is 0 Å². The summed E-state index contributed by atoms with van der Waals surface area (Å²) in [5, 5.41) is 7.26. The van der Waals surface area contributed by atoms with E-state index in [0.717, 1.165) is 19.6 Å². The molecule has 98 valence electrons. The van der Waals surface area contributed by atoms with Gasteiger partial charge in [0.05, 0.1) is 5.92 Å². The van der Waals surface area contributed by atoms with E-state index in [1.807, 2.05) is 0 Å². The number of hydrogen-bond donors (Lipinski definition) is 1. The Morgan fingerprint density at radius 3 is 2.76 bits per heavy atom. The van der Waals surface area contributed by atoms with Gasteiger partial charge in [-0.25, -0.2) is 0 Å². The monoisotopic (exact) mass is 241 g/mol. The van der Waals surface area contributed by atoms with Gasteiger partial charge < -0.3 is 14.6 Å². The van der Waals surface area contributed by atoms with Crippen molar-refractivity contribution in [2.45, 2.75) is 52.7 Å². The third-order valence-corrected chi connectivity index (χ3v) is 2.73. The minimum absolute atomic E-state index is 0.211. The van der Waals surface area contributed by atoms with E-state index in [0.29, 0.717) is 24.4 Å². The summed E-state index contributed by atoms with van der Waals surface area (Å²) < 4.78 is 10.6. The highest BCUT2D eigenvalue weighted by atomic mass is 16.5. The predicted molar refractivity (Wildman–Crippen MR) is 65.8 cm³/mol. The number of nitrogens with one attached hydrogen (secondary N) is 1. The van der Waals surface area contributed by atoms with Crippen LogP contribution in [0.3, 0.4) is 0 Å². The molecule has 0 saturated carbocycles. The predicted octanol–water partition coefficient (Wildman–Crippen LogP) is 2.10. The first-order chi connectivity index (χ1) is 8.19. The summed E-state index contributed by atoms with van der Waals surface area (Å²) in [5.74, 6) is 1.51. The van der Waals surface area contributed by atoms with Crippen LogP contribution in [0, 0.1) is 0 Å². The van der Waals surface area contributed by atoms with E-state index >= 15 is 0 Å². The standard InChI is InChI=1S/C12H23N3O2/c1-5-7-16-8-11-14-12(17-15-11)9(3)10(4)13-6-2/h9-10,13H,5-8H2,1-4H3. The molecule has 1 rings (SSSR count). The second kappa shape index (κ2) is 7.40. The molecule has 5 heteroatoms. The summed E-state index contributed by atoms with van der Waals surface area (Å²) in [4.78, 5) is 4.34. The molecule has 0 amide bonds. The first-order valence-corrected chi connectivity index (χ1v) is 6.32. The van der Waals surface area contributed by atoms with Crippen molar-refractivity contribution >= 4 is 0 Å². The second-order valence-corrected chi connectivity index (χ2v) is 4.24. The molecule has 0 radical (unpaired) electrons. The SMILES string of the molecule is CCCOCc1noc(C(C)C(C)NCC)n1. The fourth-order valence-corrected chi connectivity index (χ4v) is 1.53. The molecular weight excluding hydrogens is 218 g/mol. The third-order valence-electron chi connectivity index (χ3n) is 2.73. The smallest absolute Gasteiger partial charge is 0.231 e. The van der Waals surface area contributed by atoms with Gasteiger partial charge in [-0.15, -0.1) is 0 Å². The number of rotatable bonds is 8. The van der Waals surface area contributed by atoms with Crippen molar-refractivity contribution in [2.75, 3.05) is 13.2 Å². The molecule has 1 heterocycles. The number of aromatic nitrogens is 2. The zero-order valence-corrected chi connectivity index (χ0v) is 11.2. The molecule has 1 N–H and O–H groups in total. The molecule has 17 heavy (non-hydrogen) atoms. The van der Waals surface area contributed by atoms with Gasteiger partial charge in [-0.1, -0.05) is 25.9 Å². The van der Waals surface area contributed by atoms with Crippen LogP contribution in [0.4, 0.5) is 0 Å². The molecule has 5 nitrogen and oxygen atoms in total. The van der Waals surface area contributed by atoms with E-state index in [4.69, 9.17) is 9.26 Å². The van der Waals surface area contributed by atoms with Crippen molar-refractivity contribution in [3.63, 3.8) is 0 Å². The lowest BCUT2D eigenvalue weighted by atomic mass is 10.0. The third kappa shape index (κ3) is 4.44. The maximum Gasteiger partial charge on any atom is 0.231 e. The zero-order valence-electron chi connectivity index (χ0n) is 11.2. The Balaban J connectivity index is 2.48. The number of nitrogens with zero attached hydrogens (tertiary/aromatic N) is 2.